The summed E-state index contributed by atoms with van der Waals surface area (Å²) < 4.78 is 5.31. The largest absolute Gasteiger partial charge is 0.469 e. The lowest BCUT2D eigenvalue weighted by molar-refractivity contribution is 0.513. The predicted molar refractivity (Wildman–Crippen MR) is 77.9 cm³/mol. The standard InChI is InChI=1S/C13H14N4OS/c1-14-13-16-11(10-5-8-19-12(10)17-13)15-6-4-9-3-2-7-18-9/h2-3,5,7-8H,4,6H2,1H3,(H2,14,15,16,17). The Labute approximate surface area is 114 Å². The average molecular weight is 274 g/mol. The fraction of sp³-hybridized carbons (Fsp3) is 0.231. The summed E-state index contributed by atoms with van der Waals surface area (Å²) in [5.41, 5.74) is 0. The molecule has 0 aromatic carbocycles. The van der Waals surface area contributed by atoms with Gasteiger partial charge in [-0.15, -0.1) is 11.3 Å². The van der Waals surface area contributed by atoms with E-state index in [0.717, 1.165) is 34.8 Å². The first-order valence-electron chi connectivity index (χ1n) is 6.06. The number of nitrogens with one attached hydrogen (secondary N) is 2. The Balaban J connectivity index is 1.77. The third-order valence-electron chi connectivity index (χ3n) is 2.79. The molecule has 5 nitrogen and oxygen atoms in total. The van der Waals surface area contributed by atoms with Crippen molar-refractivity contribution in [2.24, 2.45) is 0 Å². The molecular weight excluding hydrogens is 260 g/mol. The van der Waals surface area contributed by atoms with Gasteiger partial charge in [-0.25, -0.2) is 4.98 Å². The molecule has 3 aromatic heterocycles. The van der Waals surface area contributed by atoms with E-state index in [4.69, 9.17) is 4.42 Å². The van der Waals surface area contributed by atoms with Crippen molar-refractivity contribution in [2.75, 3.05) is 24.2 Å². The normalized spacial score (nSPS) is 10.8. The van der Waals surface area contributed by atoms with Gasteiger partial charge in [0.1, 0.15) is 16.4 Å². The Morgan fingerprint density at radius 3 is 3.05 bits per heavy atom. The Morgan fingerprint density at radius 2 is 2.26 bits per heavy atom. The molecule has 2 N–H and O–H groups in total. The number of nitrogens with zero attached hydrogens (tertiary/aromatic N) is 2. The Hall–Kier alpha value is -2.08. The first-order valence-corrected chi connectivity index (χ1v) is 6.94. The highest BCUT2D eigenvalue weighted by Crippen LogP contribution is 2.26. The van der Waals surface area contributed by atoms with E-state index >= 15 is 0 Å². The Kier molecular flexibility index (Phi) is 3.33. The van der Waals surface area contributed by atoms with Crippen LogP contribution in [0.5, 0.6) is 0 Å². The summed E-state index contributed by atoms with van der Waals surface area (Å²) in [4.78, 5) is 9.85. The highest BCUT2D eigenvalue weighted by Gasteiger charge is 2.07. The molecule has 0 saturated carbocycles. The molecule has 0 atom stereocenters. The topological polar surface area (TPSA) is 63.0 Å². The molecule has 0 saturated heterocycles. The second kappa shape index (κ2) is 5.27. The lowest BCUT2D eigenvalue weighted by atomic mass is 10.3. The Bertz CT molecular complexity index is 662. The van der Waals surface area contributed by atoms with E-state index in [9.17, 15) is 0 Å². The van der Waals surface area contributed by atoms with Gasteiger partial charge in [0, 0.05) is 20.0 Å². The molecule has 0 unspecified atom stereocenters. The molecule has 0 fully saturated rings. The molecule has 6 heteroatoms. The minimum absolute atomic E-state index is 0.635. The average Bonchev–Trinajstić information content (AvgIpc) is 3.08. The number of hydrogen-bond acceptors (Lipinski definition) is 6. The maximum absolute atomic E-state index is 5.31. The summed E-state index contributed by atoms with van der Waals surface area (Å²) in [5.74, 6) is 2.47. The van der Waals surface area contributed by atoms with Crippen LogP contribution in [-0.2, 0) is 6.42 Å². The van der Waals surface area contributed by atoms with E-state index < -0.39 is 0 Å². The lowest BCUT2D eigenvalue weighted by Gasteiger charge is -2.07. The van der Waals surface area contributed by atoms with Gasteiger partial charge in [0.15, 0.2) is 0 Å². The molecule has 3 rings (SSSR count). The van der Waals surface area contributed by atoms with Crippen LogP contribution in [0, 0.1) is 0 Å². The van der Waals surface area contributed by atoms with E-state index in [1.807, 2.05) is 30.6 Å². The first-order chi connectivity index (χ1) is 9.36. The molecule has 3 aromatic rings. The SMILES string of the molecule is CNc1nc(NCCc2ccco2)c2ccsc2n1. The fourth-order valence-corrected chi connectivity index (χ4v) is 2.62. The molecule has 0 aliphatic carbocycles. The van der Waals surface area contributed by atoms with Gasteiger partial charge < -0.3 is 15.1 Å². The van der Waals surface area contributed by atoms with E-state index in [1.165, 1.54) is 0 Å². The molecular formula is C13H14N4OS. The van der Waals surface area contributed by atoms with Crippen LogP contribution in [0.15, 0.2) is 34.3 Å². The number of anilines is 2. The molecule has 0 radical (unpaired) electrons. The van der Waals surface area contributed by atoms with Gasteiger partial charge in [-0.2, -0.15) is 4.98 Å². The van der Waals surface area contributed by atoms with Crippen LogP contribution in [0.2, 0.25) is 0 Å². The summed E-state index contributed by atoms with van der Waals surface area (Å²) >= 11 is 1.61. The summed E-state index contributed by atoms with van der Waals surface area (Å²) in [6.07, 6.45) is 2.52. The molecule has 0 spiro atoms. The van der Waals surface area contributed by atoms with Gasteiger partial charge in [-0.1, -0.05) is 0 Å². The summed E-state index contributed by atoms with van der Waals surface area (Å²) in [6, 6.07) is 5.91. The third-order valence-corrected chi connectivity index (χ3v) is 3.60. The zero-order valence-electron chi connectivity index (χ0n) is 10.5. The van der Waals surface area contributed by atoms with Gasteiger partial charge in [0.05, 0.1) is 11.6 Å². The van der Waals surface area contributed by atoms with Crippen LogP contribution in [0.4, 0.5) is 11.8 Å². The molecule has 0 amide bonds. The monoisotopic (exact) mass is 274 g/mol. The van der Waals surface area contributed by atoms with Gasteiger partial charge >= 0.3 is 0 Å². The molecule has 19 heavy (non-hydrogen) atoms. The smallest absolute Gasteiger partial charge is 0.225 e. The van der Waals surface area contributed by atoms with E-state index in [-0.39, 0.29) is 0 Å². The molecule has 0 aliphatic rings. The number of aromatic nitrogens is 2. The molecule has 3 heterocycles. The number of rotatable bonds is 5. The van der Waals surface area contributed by atoms with E-state index in [1.54, 1.807) is 17.6 Å². The molecule has 98 valence electrons. The summed E-state index contributed by atoms with van der Waals surface area (Å²) in [7, 11) is 1.82. The highest BCUT2D eigenvalue weighted by atomic mass is 32.1. The van der Waals surface area contributed by atoms with Gasteiger partial charge in [-0.05, 0) is 23.6 Å². The Morgan fingerprint density at radius 1 is 1.32 bits per heavy atom. The van der Waals surface area contributed by atoms with E-state index in [0.29, 0.717) is 5.95 Å². The van der Waals surface area contributed by atoms with Crippen LogP contribution >= 0.6 is 11.3 Å². The second-order valence-electron chi connectivity index (χ2n) is 4.04. The zero-order valence-corrected chi connectivity index (χ0v) is 11.3. The quantitative estimate of drug-likeness (QED) is 0.749. The van der Waals surface area contributed by atoms with Crippen molar-refractivity contribution in [1.29, 1.82) is 0 Å². The van der Waals surface area contributed by atoms with Crippen molar-refractivity contribution in [3.63, 3.8) is 0 Å². The number of thiophene rings is 1. The van der Waals surface area contributed by atoms with Crippen molar-refractivity contribution in [3.8, 4) is 0 Å². The minimum atomic E-state index is 0.635. The summed E-state index contributed by atoms with van der Waals surface area (Å²) in [6.45, 7) is 0.776. The van der Waals surface area contributed by atoms with Crippen molar-refractivity contribution in [3.05, 3.63) is 35.6 Å². The van der Waals surface area contributed by atoms with Crippen LogP contribution in [0.25, 0.3) is 10.2 Å². The van der Waals surface area contributed by atoms with Crippen molar-refractivity contribution < 1.29 is 4.42 Å². The summed E-state index contributed by atoms with van der Waals surface area (Å²) in [5, 5.41) is 9.40. The first kappa shape index (κ1) is 12.0. The number of furan rings is 1. The lowest BCUT2D eigenvalue weighted by Crippen LogP contribution is -2.08. The second-order valence-corrected chi connectivity index (χ2v) is 4.94. The zero-order chi connectivity index (χ0) is 13.1. The highest BCUT2D eigenvalue weighted by molar-refractivity contribution is 7.16. The van der Waals surface area contributed by atoms with Crippen molar-refractivity contribution >= 4 is 33.3 Å². The van der Waals surface area contributed by atoms with Crippen LogP contribution in [0.1, 0.15) is 5.76 Å². The van der Waals surface area contributed by atoms with Crippen LogP contribution in [0.3, 0.4) is 0 Å². The maximum Gasteiger partial charge on any atom is 0.225 e. The molecule has 0 aliphatic heterocycles. The maximum atomic E-state index is 5.31. The van der Waals surface area contributed by atoms with Crippen molar-refractivity contribution in [2.45, 2.75) is 6.42 Å². The molecule has 0 bridgehead atoms. The minimum Gasteiger partial charge on any atom is -0.469 e. The van der Waals surface area contributed by atoms with Crippen LogP contribution < -0.4 is 10.6 Å². The van der Waals surface area contributed by atoms with Crippen molar-refractivity contribution in [1.82, 2.24) is 9.97 Å². The van der Waals surface area contributed by atoms with Gasteiger partial charge in [0.2, 0.25) is 5.95 Å². The van der Waals surface area contributed by atoms with Gasteiger partial charge in [0.25, 0.3) is 0 Å². The van der Waals surface area contributed by atoms with E-state index in [2.05, 4.69) is 20.6 Å². The number of hydrogen-bond donors (Lipinski definition) is 2. The van der Waals surface area contributed by atoms with Crippen LogP contribution in [-0.4, -0.2) is 23.6 Å². The fourth-order valence-electron chi connectivity index (χ4n) is 1.86. The number of fused-ring (bicyclic) bond motifs is 1. The predicted octanol–water partition coefficient (Wildman–Crippen LogP) is 2.98. The third kappa shape index (κ3) is 2.53. The van der Waals surface area contributed by atoms with Gasteiger partial charge in [-0.3, -0.25) is 0 Å².